The molecular weight excluding hydrogens is 352 g/mol. The molecule has 1 aromatic rings. The first-order valence-electron chi connectivity index (χ1n) is 10.6. The van der Waals surface area contributed by atoms with Crippen molar-refractivity contribution in [2.24, 2.45) is 22.7 Å². The van der Waals surface area contributed by atoms with E-state index in [9.17, 15) is 0 Å². The lowest BCUT2D eigenvalue weighted by Crippen LogP contribution is -2.62. The van der Waals surface area contributed by atoms with E-state index in [1.54, 1.807) is 14.2 Å². The summed E-state index contributed by atoms with van der Waals surface area (Å²) in [5.74, 6) is 0.701. The van der Waals surface area contributed by atoms with Gasteiger partial charge in [-0.25, -0.2) is 0 Å². The lowest BCUT2D eigenvalue weighted by atomic mass is 9.64. The van der Waals surface area contributed by atoms with Crippen molar-refractivity contribution in [3.8, 4) is 0 Å². The van der Waals surface area contributed by atoms with Gasteiger partial charge in [0, 0.05) is 19.6 Å². The summed E-state index contributed by atoms with van der Waals surface area (Å²) >= 11 is 0. The van der Waals surface area contributed by atoms with Crippen molar-refractivity contribution in [3.63, 3.8) is 0 Å². The van der Waals surface area contributed by atoms with Crippen LogP contribution in [0, 0.1) is 22.7 Å². The molecule has 0 amide bonds. The molecule has 0 spiro atoms. The molecule has 0 radical (unpaired) electrons. The van der Waals surface area contributed by atoms with Crippen LogP contribution in [-0.2, 0) is 18.9 Å². The van der Waals surface area contributed by atoms with E-state index >= 15 is 0 Å². The van der Waals surface area contributed by atoms with Gasteiger partial charge < -0.3 is 18.9 Å². The quantitative estimate of drug-likeness (QED) is 0.667. The van der Waals surface area contributed by atoms with E-state index in [0.717, 1.165) is 12.3 Å². The zero-order valence-electron chi connectivity index (χ0n) is 18.4. The number of rotatable bonds is 5. The third-order valence-corrected chi connectivity index (χ3v) is 7.85. The molecule has 3 fully saturated rings. The molecule has 4 nitrogen and oxygen atoms in total. The first-order chi connectivity index (χ1) is 13.2. The molecule has 0 N–H and O–H groups in total. The first-order valence-corrected chi connectivity index (χ1v) is 10.6. The van der Waals surface area contributed by atoms with Gasteiger partial charge in [-0.1, -0.05) is 51.1 Å². The summed E-state index contributed by atoms with van der Waals surface area (Å²) in [6, 6.07) is 10.5. The molecule has 3 aliphatic rings. The minimum Gasteiger partial charge on any atom is -0.355 e. The average molecular weight is 389 g/mol. The fourth-order valence-electron chi connectivity index (χ4n) is 6.27. The standard InChI is InChI=1S/C24H36O4/c1-22(2)16-13-14-24(5)19(27-23(3,4)28-20(24)18(16)22)17(21(25-6)26-7)15-11-9-8-10-12-15/h8-12,16-21H,13-14H2,1-7H3/t16-,17-,18-,19+,20+,24+/m1/s1. The van der Waals surface area contributed by atoms with Gasteiger partial charge in [-0.2, -0.15) is 0 Å². The third-order valence-electron chi connectivity index (χ3n) is 7.85. The molecule has 1 heterocycles. The summed E-state index contributed by atoms with van der Waals surface area (Å²) in [5.41, 5.74) is 1.46. The summed E-state index contributed by atoms with van der Waals surface area (Å²) in [6.45, 7) is 11.3. The highest BCUT2D eigenvalue weighted by atomic mass is 16.7. The Morgan fingerprint density at radius 1 is 0.964 bits per heavy atom. The second-order valence-corrected chi connectivity index (χ2v) is 10.3. The van der Waals surface area contributed by atoms with Crippen molar-refractivity contribution in [2.45, 2.75) is 77.7 Å². The maximum absolute atomic E-state index is 6.70. The fraction of sp³-hybridized carbons (Fsp3) is 0.750. The molecule has 1 saturated heterocycles. The molecule has 6 atom stereocenters. The zero-order chi connectivity index (χ0) is 20.3. The van der Waals surface area contributed by atoms with E-state index in [1.165, 1.54) is 12.0 Å². The molecule has 0 unspecified atom stereocenters. The predicted octanol–water partition coefficient (Wildman–Crippen LogP) is 4.98. The number of fused-ring (bicyclic) bond motifs is 3. The van der Waals surface area contributed by atoms with Gasteiger partial charge in [0.05, 0.1) is 18.1 Å². The zero-order valence-corrected chi connectivity index (χ0v) is 18.4. The molecule has 4 heteroatoms. The Bertz CT molecular complexity index is 696. The first kappa shape index (κ1) is 20.3. The smallest absolute Gasteiger partial charge is 0.166 e. The molecular formula is C24H36O4. The number of benzene rings is 1. The van der Waals surface area contributed by atoms with E-state index in [1.807, 2.05) is 6.07 Å². The van der Waals surface area contributed by atoms with Crippen LogP contribution >= 0.6 is 0 Å². The Hall–Kier alpha value is -0.940. The van der Waals surface area contributed by atoms with Crippen LogP contribution in [0.1, 0.15) is 58.9 Å². The van der Waals surface area contributed by atoms with E-state index in [-0.39, 0.29) is 29.8 Å². The normalized spacial score (nSPS) is 39.1. The topological polar surface area (TPSA) is 36.9 Å². The maximum Gasteiger partial charge on any atom is 0.166 e. The molecule has 2 aliphatic carbocycles. The molecule has 156 valence electrons. The summed E-state index contributed by atoms with van der Waals surface area (Å²) < 4.78 is 24.9. The van der Waals surface area contributed by atoms with Crippen molar-refractivity contribution < 1.29 is 18.9 Å². The Kier molecular flexibility index (Phi) is 4.94. The van der Waals surface area contributed by atoms with Crippen LogP contribution in [0.15, 0.2) is 30.3 Å². The van der Waals surface area contributed by atoms with Crippen molar-refractivity contribution in [3.05, 3.63) is 35.9 Å². The Balaban J connectivity index is 1.78. The Morgan fingerprint density at radius 2 is 1.61 bits per heavy atom. The van der Waals surface area contributed by atoms with Gasteiger partial charge in [0.2, 0.25) is 0 Å². The molecule has 0 aromatic heterocycles. The van der Waals surface area contributed by atoms with Crippen molar-refractivity contribution in [1.82, 2.24) is 0 Å². The van der Waals surface area contributed by atoms with Gasteiger partial charge in [0.1, 0.15) is 0 Å². The predicted molar refractivity (Wildman–Crippen MR) is 109 cm³/mol. The molecule has 0 bridgehead atoms. The van der Waals surface area contributed by atoms with Crippen LogP contribution in [0.25, 0.3) is 0 Å². The minimum absolute atomic E-state index is 0.0229. The van der Waals surface area contributed by atoms with Gasteiger partial charge in [-0.3, -0.25) is 0 Å². The van der Waals surface area contributed by atoms with Gasteiger partial charge in [-0.15, -0.1) is 0 Å². The van der Waals surface area contributed by atoms with Crippen molar-refractivity contribution in [2.75, 3.05) is 14.2 Å². The number of hydrogen-bond donors (Lipinski definition) is 0. The van der Waals surface area contributed by atoms with Crippen LogP contribution in [-0.4, -0.2) is 38.5 Å². The number of hydrogen-bond acceptors (Lipinski definition) is 4. The van der Waals surface area contributed by atoms with Crippen LogP contribution in [0.3, 0.4) is 0 Å². The molecule has 1 aromatic carbocycles. The molecule has 4 rings (SSSR count). The molecule has 2 saturated carbocycles. The Labute approximate surface area is 169 Å². The second-order valence-electron chi connectivity index (χ2n) is 10.3. The van der Waals surface area contributed by atoms with E-state index < -0.39 is 5.79 Å². The van der Waals surface area contributed by atoms with Crippen LogP contribution < -0.4 is 0 Å². The van der Waals surface area contributed by atoms with Crippen LogP contribution in [0.5, 0.6) is 0 Å². The third kappa shape index (κ3) is 3.04. The van der Waals surface area contributed by atoms with E-state index in [4.69, 9.17) is 18.9 Å². The summed E-state index contributed by atoms with van der Waals surface area (Å²) in [6.07, 6.45) is 2.11. The Morgan fingerprint density at radius 3 is 2.21 bits per heavy atom. The van der Waals surface area contributed by atoms with E-state index in [2.05, 4.69) is 58.9 Å². The highest BCUT2D eigenvalue weighted by Crippen LogP contribution is 2.71. The summed E-state index contributed by atoms with van der Waals surface area (Å²) in [4.78, 5) is 0. The number of methoxy groups -OCH3 is 2. The second kappa shape index (κ2) is 6.80. The summed E-state index contributed by atoms with van der Waals surface area (Å²) in [5, 5.41) is 0. The van der Waals surface area contributed by atoms with Gasteiger partial charge >= 0.3 is 0 Å². The largest absolute Gasteiger partial charge is 0.355 e. The lowest BCUT2D eigenvalue weighted by molar-refractivity contribution is -0.366. The monoisotopic (exact) mass is 388 g/mol. The highest BCUT2D eigenvalue weighted by molar-refractivity contribution is 5.26. The average Bonchev–Trinajstić information content (AvgIpc) is 3.22. The lowest BCUT2D eigenvalue weighted by Gasteiger charge is -2.57. The van der Waals surface area contributed by atoms with Crippen LogP contribution in [0.4, 0.5) is 0 Å². The van der Waals surface area contributed by atoms with Crippen LogP contribution in [0.2, 0.25) is 0 Å². The van der Waals surface area contributed by atoms with Crippen molar-refractivity contribution >= 4 is 0 Å². The number of ether oxygens (including phenoxy) is 4. The minimum atomic E-state index is -0.630. The van der Waals surface area contributed by atoms with Crippen molar-refractivity contribution in [1.29, 1.82) is 0 Å². The molecule has 1 aliphatic heterocycles. The van der Waals surface area contributed by atoms with Gasteiger partial charge in [-0.05, 0) is 49.5 Å². The SMILES string of the molecule is COC(OC)[C@H](c1ccccc1)[C@@H]1OC(C)(C)O[C@H]2[C@H]3[C@@H](CC[C@]21C)C3(C)C. The highest BCUT2D eigenvalue weighted by Gasteiger charge is 2.71. The van der Waals surface area contributed by atoms with Gasteiger partial charge in [0.25, 0.3) is 0 Å². The fourth-order valence-corrected chi connectivity index (χ4v) is 6.27. The molecule has 28 heavy (non-hydrogen) atoms. The maximum atomic E-state index is 6.70. The van der Waals surface area contributed by atoms with E-state index in [0.29, 0.717) is 11.3 Å². The summed E-state index contributed by atoms with van der Waals surface area (Å²) in [7, 11) is 3.44. The van der Waals surface area contributed by atoms with Gasteiger partial charge in [0.15, 0.2) is 12.1 Å².